The summed E-state index contributed by atoms with van der Waals surface area (Å²) in [7, 11) is 0. The number of hydrogen-bond acceptors (Lipinski definition) is 1. The maximum Gasteiger partial charge on any atom is 0.0925 e. The van der Waals surface area contributed by atoms with E-state index in [4.69, 9.17) is 11.6 Å². The molecule has 0 radical (unpaired) electrons. The Morgan fingerprint density at radius 3 is 2.40 bits per heavy atom. The number of aliphatic hydroxyl groups excluding tert-OH is 1. The van der Waals surface area contributed by atoms with Crippen LogP contribution in [-0.2, 0) is 0 Å². The van der Waals surface area contributed by atoms with Crippen LogP contribution in [0.3, 0.4) is 0 Å². The summed E-state index contributed by atoms with van der Waals surface area (Å²) in [4.78, 5) is 0. The molecule has 0 aromatic heterocycles. The van der Waals surface area contributed by atoms with Gasteiger partial charge in [-0.2, -0.15) is 0 Å². The van der Waals surface area contributed by atoms with Gasteiger partial charge in [0.1, 0.15) is 0 Å². The molecule has 0 amide bonds. The van der Waals surface area contributed by atoms with Gasteiger partial charge in [0.15, 0.2) is 0 Å². The number of rotatable bonds is 2. The third kappa shape index (κ3) is 1.72. The molecule has 0 aliphatic rings. The number of benzene rings is 1. The van der Waals surface area contributed by atoms with Crippen LogP contribution in [0, 0.1) is 0 Å². The zero-order chi connectivity index (χ0) is 7.40. The molecular formula is C8H9ClO. The molecule has 2 heteroatoms. The molecule has 0 fully saturated rings. The van der Waals surface area contributed by atoms with Crippen molar-refractivity contribution in [2.45, 2.75) is 6.10 Å². The van der Waals surface area contributed by atoms with Gasteiger partial charge in [-0.3, -0.25) is 0 Å². The fourth-order valence-electron chi connectivity index (χ4n) is 0.764. The SMILES string of the molecule is O[14C@H](CCl)c1ccccc1. The Morgan fingerprint density at radius 1 is 1.30 bits per heavy atom. The van der Waals surface area contributed by atoms with E-state index in [0.717, 1.165) is 5.56 Å². The molecule has 1 aromatic rings. The van der Waals surface area contributed by atoms with E-state index in [0.29, 0.717) is 0 Å². The molecule has 0 heterocycles. The molecule has 1 aromatic carbocycles. The van der Waals surface area contributed by atoms with Crippen molar-refractivity contribution in [2.75, 3.05) is 5.88 Å². The van der Waals surface area contributed by atoms with Gasteiger partial charge in [0.2, 0.25) is 0 Å². The maximum atomic E-state index is 9.20. The minimum absolute atomic E-state index is 0.254. The van der Waals surface area contributed by atoms with Crippen molar-refractivity contribution in [2.24, 2.45) is 0 Å². The number of halogens is 1. The van der Waals surface area contributed by atoms with Crippen molar-refractivity contribution >= 4 is 11.6 Å². The van der Waals surface area contributed by atoms with Gasteiger partial charge in [-0.1, -0.05) is 30.3 Å². The van der Waals surface area contributed by atoms with E-state index in [2.05, 4.69) is 0 Å². The van der Waals surface area contributed by atoms with Crippen LogP contribution in [0.25, 0.3) is 0 Å². The van der Waals surface area contributed by atoms with Gasteiger partial charge in [-0.05, 0) is 5.56 Å². The third-order valence-electron chi connectivity index (χ3n) is 1.33. The first-order chi connectivity index (χ1) is 4.84. The predicted molar refractivity (Wildman–Crippen MR) is 42.1 cm³/mol. The quantitative estimate of drug-likeness (QED) is 0.653. The van der Waals surface area contributed by atoms with Crippen molar-refractivity contribution < 1.29 is 5.11 Å². The lowest BCUT2D eigenvalue weighted by molar-refractivity contribution is 0.202. The second-order valence-electron chi connectivity index (χ2n) is 2.08. The Kier molecular flexibility index (Phi) is 2.72. The molecule has 0 bridgehead atoms. The number of alkyl halides is 1. The van der Waals surface area contributed by atoms with Crippen LogP contribution in [0.15, 0.2) is 30.3 Å². The molecule has 10 heavy (non-hydrogen) atoms. The van der Waals surface area contributed by atoms with E-state index in [-0.39, 0.29) is 5.88 Å². The lowest BCUT2D eigenvalue weighted by atomic mass is 10.3. The van der Waals surface area contributed by atoms with Gasteiger partial charge in [0.05, 0.1) is 12.0 Å². The topological polar surface area (TPSA) is 20.2 Å². The molecule has 0 spiro atoms. The summed E-state index contributed by atoms with van der Waals surface area (Å²) in [5.41, 5.74) is 0.873. The molecule has 1 atom stereocenters. The monoisotopic (exact) mass is 158 g/mol. The Hall–Kier alpha value is -0.530. The zero-order valence-corrected chi connectivity index (χ0v) is 6.25. The predicted octanol–water partition coefficient (Wildman–Crippen LogP) is 1.96. The highest BCUT2D eigenvalue weighted by molar-refractivity contribution is 6.18. The first-order valence-electron chi connectivity index (χ1n) is 3.13. The minimum Gasteiger partial charge on any atom is -0.387 e. The van der Waals surface area contributed by atoms with Gasteiger partial charge < -0.3 is 5.11 Å². The molecule has 0 saturated carbocycles. The van der Waals surface area contributed by atoms with Crippen molar-refractivity contribution in [1.29, 1.82) is 0 Å². The van der Waals surface area contributed by atoms with Crippen LogP contribution in [0.5, 0.6) is 0 Å². The average molecular weight is 159 g/mol. The second kappa shape index (κ2) is 3.59. The first kappa shape index (κ1) is 7.58. The summed E-state index contributed by atoms with van der Waals surface area (Å²) < 4.78 is 0. The van der Waals surface area contributed by atoms with Crippen LogP contribution < -0.4 is 0 Å². The van der Waals surface area contributed by atoms with Gasteiger partial charge in [0.25, 0.3) is 0 Å². The summed E-state index contributed by atoms with van der Waals surface area (Å²) >= 11 is 5.44. The molecular weight excluding hydrogens is 150 g/mol. The highest BCUT2D eigenvalue weighted by Gasteiger charge is 2.02. The normalized spacial score (nSPS) is 13.0. The van der Waals surface area contributed by atoms with Gasteiger partial charge >= 0.3 is 0 Å². The van der Waals surface area contributed by atoms with E-state index >= 15 is 0 Å². The fourth-order valence-corrected chi connectivity index (χ4v) is 0.942. The van der Waals surface area contributed by atoms with Crippen LogP contribution in [0.2, 0.25) is 0 Å². The minimum atomic E-state index is -0.525. The Morgan fingerprint density at radius 2 is 1.90 bits per heavy atom. The molecule has 54 valence electrons. The highest BCUT2D eigenvalue weighted by Crippen LogP contribution is 2.12. The Labute approximate surface area is 65.3 Å². The van der Waals surface area contributed by atoms with Crippen molar-refractivity contribution in [1.82, 2.24) is 0 Å². The lowest BCUT2D eigenvalue weighted by Crippen LogP contribution is -1.96. The maximum absolute atomic E-state index is 9.20. The average Bonchev–Trinajstić information content (AvgIpc) is 2.05. The molecule has 0 unspecified atom stereocenters. The van der Waals surface area contributed by atoms with Crippen LogP contribution in [-0.4, -0.2) is 11.0 Å². The van der Waals surface area contributed by atoms with E-state index in [1.165, 1.54) is 0 Å². The molecule has 0 aliphatic carbocycles. The summed E-state index contributed by atoms with van der Waals surface area (Å²) in [6, 6.07) is 9.38. The highest BCUT2D eigenvalue weighted by atomic mass is 35.5. The van der Waals surface area contributed by atoms with Gasteiger partial charge in [-0.25, -0.2) is 0 Å². The largest absolute Gasteiger partial charge is 0.387 e. The van der Waals surface area contributed by atoms with Gasteiger partial charge in [0, 0.05) is 0 Å². The van der Waals surface area contributed by atoms with Crippen LogP contribution in [0.4, 0.5) is 0 Å². The number of aliphatic hydroxyl groups is 1. The van der Waals surface area contributed by atoms with E-state index < -0.39 is 6.10 Å². The van der Waals surface area contributed by atoms with Crippen molar-refractivity contribution in [3.05, 3.63) is 35.9 Å². The molecule has 1 N–H and O–H groups in total. The third-order valence-corrected chi connectivity index (χ3v) is 1.62. The zero-order valence-electron chi connectivity index (χ0n) is 5.50. The first-order valence-corrected chi connectivity index (χ1v) is 3.67. The molecule has 0 saturated heterocycles. The lowest BCUT2D eigenvalue weighted by Gasteiger charge is -2.04. The van der Waals surface area contributed by atoms with E-state index in [1.807, 2.05) is 30.3 Å². The molecule has 1 nitrogen and oxygen atoms in total. The standard InChI is InChI=1S/C8H9ClO/c9-6-8(10)7-4-2-1-3-5-7/h1-5,8,10H,6H2/t8-/m1/s1/i8+2. The number of hydrogen-bond donors (Lipinski definition) is 1. The molecule has 1 rings (SSSR count). The summed E-state index contributed by atoms with van der Waals surface area (Å²) in [6.07, 6.45) is -0.525. The summed E-state index contributed by atoms with van der Waals surface area (Å²) in [5.74, 6) is 0.254. The molecule has 0 aliphatic heterocycles. The summed E-state index contributed by atoms with van der Waals surface area (Å²) in [6.45, 7) is 0. The van der Waals surface area contributed by atoms with Crippen LogP contribution >= 0.6 is 11.6 Å². The van der Waals surface area contributed by atoms with Crippen LogP contribution in [0.1, 0.15) is 11.7 Å². The second-order valence-corrected chi connectivity index (χ2v) is 2.39. The van der Waals surface area contributed by atoms with Gasteiger partial charge in [-0.15, -0.1) is 11.6 Å². The Balaban J connectivity index is 2.75. The fraction of sp³-hybridized carbons (Fsp3) is 0.250. The smallest absolute Gasteiger partial charge is 0.0925 e. The summed E-state index contributed by atoms with van der Waals surface area (Å²) in [5, 5.41) is 9.20. The Bertz CT molecular complexity index is 186. The van der Waals surface area contributed by atoms with E-state index in [9.17, 15) is 5.11 Å². The van der Waals surface area contributed by atoms with E-state index in [1.54, 1.807) is 0 Å². The van der Waals surface area contributed by atoms with Crippen molar-refractivity contribution in [3.63, 3.8) is 0 Å². The van der Waals surface area contributed by atoms with Crippen molar-refractivity contribution in [3.8, 4) is 0 Å².